The second-order valence-corrected chi connectivity index (χ2v) is 5.98. The molecule has 0 spiro atoms. The maximum Gasteiger partial charge on any atom is 0.0338 e. The van der Waals surface area contributed by atoms with Crippen LogP contribution in [0.5, 0.6) is 0 Å². The Morgan fingerprint density at radius 3 is 2.92 bits per heavy atom. The Kier molecular flexibility index (Phi) is 6.31. The summed E-state index contributed by atoms with van der Waals surface area (Å²) in [5, 5.41) is 0.484. The summed E-state index contributed by atoms with van der Waals surface area (Å²) in [4.78, 5) is 0. The Labute approximate surface area is 91.8 Å². The van der Waals surface area contributed by atoms with E-state index >= 15 is 0 Å². The molecular formula is C11H21ClS. The molecule has 13 heavy (non-hydrogen) atoms. The van der Waals surface area contributed by atoms with Gasteiger partial charge in [-0.2, -0.15) is 11.8 Å². The van der Waals surface area contributed by atoms with E-state index < -0.39 is 0 Å². The fourth-order valence-electron chi connectivity index (χ4n) is 2.11. The van der Waals surface area contributed by atoms with E-state index in [0.29, 0.717) is 5.38 Å². The van der Waals surface area contributed by atoms with Crippen LogP contribution in [-0.4, -0.2) is 16.9 Å². The molecule has 0 aromatic carbocycles. The molecule has 2 unspecified atom stereocenters. The summed E-state index contributed by atoms with van der Waals surface area (Å²) in [6, 6.07) is 0. The molecule has 2 heteroatoms. The van der Waals surface area contributed by atoms with E-state index in [2.05, 4.69) is 18.7 Å². The molecule has 0 aliphatic heterocycles. The SMILES string of the molecule is CCSCCCC1CCCC(Cl)C1. The van der Waals surface area contributed by atoms with Gasteiger partial charge in [-0.1, -0.05) is 19.8 Å². The highest BCUT2D eigenvalue weighted by atomic mass is 35.5. The summed E-state index contributed by atoms with van der Waals surface area (Å²) in [6.45, 7) is 2.24. The van der Waals surface area contributed by atoms with E-state index in [1.807, 2.05) is 0 Å². The Hall–Kier alpha value is 0.640. The van der Waals surface area contributed by atoms with Gasteiger partial charge in [-0.3, -0.25) is 0 Å². The zero-order valence-electron chi connectivity index (χ0n) is 8.60. The Bertz CT molecular complexity index is 127. The van der Waals surface area contributed by atoms with Gasteiger partial charge in [0.2, 0.25) is 0 Å². The third kappa shape index (κ3) is 5.17. The maximum atomic E-state index is 6.15. The lowest BCUT2D eigenvalue weighted by Crippen LogP contribution is -2.15. The molecule has 1 saturated carbocycles. The van der Waals surface area contributed by atoms with Crippen molar-refractivity contribution in [2.24, 2.45) is 5.92 Å². The maximum absolute atomic E-state index is 6.15. The van der Waals surface area contributed by atoms with Crippen LogP contribution in [0.2, 0.25) is 0 Å². The van der Waals surface area contributed by atoms with Gasteiger partial charge in [0.1, 0.15) is 0 Å². The van der Waals surface area contributed by atoms with E-state index in [4.69, 9.17) is 11.6 Å². The van der Waals surface area contributed by atoms with E-state index in [-0.39, 0.29) is 0 Å². The second kappa shape index (κ2) is 7.00. The summed E-state index contributed by atoms with van der Waals surface area (Å²) >= 11 is 8.21. The first kappa shape index (κ1) is 11.7. The summed E-state index contributed by atoms with van der Waals surface area (Å²) in [5.74, 6) is 3.55. The first-order valence-corrected chi connectivity index (χ1v) is 7.14. The van der Waals surface area contributed by atoms with Crippen molar-refractivity contribution >= 4 is 23.4 Å². The van der Waals surface area contributed by atoms with Crippen LogP contribution in [-0.2, 0) is 0 Å². The summed E-state index contributed by atoms with van der Waals surface area (Å²) in [7, 11) is 0. The molecule has 1 fully saturated rings. The standard InChI is InChI=1S/C11H21ClS/c1-2-13-8-4-6-10-5-3-7-11(12)9-10/h10-11H,2-9H2,1H3. The van der Waals surface area contributed by atoms with Crippen molar-refractivity contribution in [3.63, 3.8) is 0 Å². The van der Waals surface area contributed by atoms with Crippen LogP contribution in [0.4, 0.5) is 0 Å². The minimum Gasteiger partial charge on any atom is -0.162 e. The predicted octanol–water partition coefficient (Wildman–Crippen LogP) is 4.32. The van der Waals surface area contributed by atoms with Crippen LogP contribution in [0, 0.1) is 5.92 Å². The molecule has 1 rings (SSSR count). The van der Waals surface area contributed by atoms with Crippen molar-refractivity contribution < 1.29 is 0 Å². The predicted molar refractivity (Wildman–Crippen MR) is 63.8 cm³/mol. The van der Waals surface area contributed by atoms with Gasteiger partial charge in [0.15, 0.2) is 0 Å². The van der Waals surface area contributed by atoms with Gasteiger partial charge >= 0.3 is 0 Å². The largest absolute Gasteiger partial charge is 0.162 e. The molecule has 0 nitrogen and oxygen atoms in total. The van der Waals surface area contributed by atoms with Crippen molar-refractivity contribution in [1.29, 1.82) is 0 Å². The molecule has 0 aromatic rings. The Balaban J connectivity index is 2.00. The van der Waals surface area contributed by atoms with Gasteiger partial charge in [-0.15, -0.1) is 11.6 Å². The second-order valence-electron chi connectivity index (χ2n) is 3.97. The van der Waals surface area contributed by atoms with Crippen molar-refractivity contribution in [3.8, 4) is 0 Å². The zero-order chi connectivity index (χ0) is 9.52. The lowest BCUT2D eigenvalue weighted by molar-refractivity contribution is 0.342. The fraction of sp³-hybridized carbons (Fsp3) is 1.00. The molecule has 78 valence electrons. The number of thioether (sulfide) groups is 1. The fourth-order valence-corrected chi connectivity index (χ4v) is 3.17. The molecule has 0 amide bonds. The Morgan fingerprint density at radius 1 is 1.38 bits per heavy atom. The third-order valence-corrected chi connectivity index (χ3v) is 4.21. The van der Waals surface area contributed by atoms with E-state index in [1.54, 1.807) is 0 Å². The molecule has 0 N–H and O–H groups in total. The minimum atomic E-state index is 0.484. The first-order valence-electron chi connectivity index (χ1n) is 5.54. The van der Waals surface area contributed by atoms with Gasteiger partial charge in [-0.05, 0) is 43.1 Å². The molecule has 0 radical (unpaired) electrons. The van der Waals surface area contributed by atoms with Crippen LogP contribution in [0.3, 0.4) is 0 Å². The molecule has 1 aliphatic rings. The topological polar surface area (TPSA) is 0 Å². The van der Waals surface area contributed by atoms with E-state index in [9.17, 15) is 0 Å². The number of halogens is 1. The third-order valence-electron chi connectivity index (χ3n) is 2.82. The van der Waals surface area contributed by atoms with Crippen LogP contribution in [0.15, 0.2) is 0 Å². The molecule has 0 heterocycles. The van der Waals surface area contributed by atoms with Crippen molar-refractivity contribution in [3.05, 3.63) is 0 Å². The van der Waals surface area contributed by atoms with Crippen molar-refractivity contribution in [2.45, 2.75) is 50.8 Å². The van der Waals surface area contributed by atoms with Crippen molar-refractivity contribution in [2.75, 3.05) is 11.5 Å². The van der Waals surface area contributed by atoms with Gasteiger partial charge in [0.25, 0.3) is 0 Å². The smallest absolute Gasteiger partial charge is 0.0338 e. The molecular weight excluding hydrogens is 200 g/mol. The molecule has 2 atom stereocenters. The first-order chi connectivity index (χ1) is 6.33. The van der Waals surface area contributed by atoms with E-state index in [0.717, 1.165) is 5.92 Å². The summed E-state index contributed by atoms with van der Waals surface area (Å²) < 4.78 is 0. The average molecular weight is 221 g/mol. The summed E-state index contributed by atoms with van der Waals surface area (Å²) in [6.07, 6.45) is 8.13. The van der Waals surface area contributed by atoms with Gasteiger partial charge in [-0.25, -0.2) is 0 Å². The highest BCUT2D eigenvalue weighted by Crippen LogP contribution is 2.30. The summed E-state index contributed by atoms with van der Waals surface area (Å²) in [5.41, 5.74) is 0. The van der Waals surface area contributed by atoms with Gasteiger partial charge in [0, 0.05) is 5.38 Å². The number of hydrogen-bond acceptors (Lipinski definition) is 1. The minimum absolute atomic E-state index is 0.484. The highest BCUT2D eigenvalue weighted by molar-refractivity contribution is 7.99. The molecule has 1 aliphatic carbocycles. The van der Waals surface area contributed by atoms with Crippen molar-refractivity contribution in [1.82, 2.24) is 0 Å². The van der Waals surface area contributed by atoms with Gasteiger partial charge in [0.05, 0.1) is 0 Å². The molecule has 0 aromatic heterocycles. The lowest BCUT2D eigenvalue weighted by Gasteiger charge is -2.25. The number of alkyl halides is 1. The zero-order valence-corrected chi connectivity index (χ0v) is 10.2. The lowest BCUT2D eigenvalue weighted by atomic mass is 9.86. The monoisotopic (exact) mass is 220 g/mol. The van der Waals surface area contributed by atoms with Gasteiger partial charge < -0.3 is 0 Å². The highest BCUT2D eigenvalue weighted by Gasteiger charge is 2.19. The van der Waals surface area contributed by atoms with Crippen LogP contribution >= 0.6 is 23.4 Å². The van der Waals surface area contributed by atoms with Crippen LogP contribution in [0.25, 0.3) is 0 Å². The quantitative estimate of drug-likeness (QED) is 0.491. The molecule has 0 saturated heterocycles. The van der Waals surface area contributed by atoms with Crippen LogP contribution in [0.1, 0.15) is 45.4 Å². The number of rotatable bonds is 5. The van der Waals surface area contributed by atoms with Crippen LogP contribution < -0.4 is 0 Å². The Morgan fingerprint density at radius 2 is 2.23 bits per heavy atom. The average Bonchev–Trinajstić information content (AvgIpc) is 2.13. The normalized spacial score (nSPS) is 29.1. The molecule has 0 bridgehead atoms. The van der Waals surface area contributed by atoms with E-state index in [1.165, 1.54) is 50.0 Å². The number of hydrogen-bond donors (Lipinski definition) is 0.